The molecule has 6 heteroatoms. The molecular formula is C19H26N4OS. The minimum Gasteiger partial charge on any atom is -0.357 e. The maximum atomic E-state index is 12.0. The number of nitrogens with zero attached hydrogens (tertiary/aromatic N) is 1. The maximum Gasteiger partial charge on any atom is 0.246 e. The first-order chi connectivity index (χ1) is 12.2. The number of guanidine groups is 1. The Bertz CT molecular complexity index is 655. The highest BCUT2D eigenvalue weighted by molar-refractivity contribution is 7.09. The van der Waals surface area contributed by atoms with Crippen molar-refractivity contribution in [1.82, 2.24) is 10.6 Å². The summed E-state index contributed by atoms with van der Waals surface area (Å²) in [6, 6.07) is 13.7. The summed E-state index contributed by atoms with van der Waals surface area (Å²) in [4.78, 5) is 17.7. The first-order valence-electron chi connectivity index (χ1n) is 8.56. The van der Waals surface area contributed by atoms with Crippen molar-refractivity contribution in [2.75, 3.05) is 25.0 Å². The molecule has 2 rings (SSSR count). The van der Waals surface area contributed by atoms with E-state index in [0.717, 1.165) is 25.2 Å². The quantitative estimate of drug-likeness (QED) is 0.502. The van der Waals surface area contributed by atoms with Gasteiger partial charge in [-0.3, -0.25) is 4.79 Å². The van der Waals surface area contributed by atoms with Crippen molar-refractivity contribution in [3.05, 3.63) is 52.7 Å². The highest BCUT2D eigenvalue weighted by atomic mass is 32.1. The second kappa shape index (κ2) is 10.5. The van der Waals surface area contributed by atoms with E-state index in [1.165, 1.54) is 4.88 Å². The summed E-state index contributed by atoms with van der Waals surface area (Å²) >= 11 is 1.78. The predicted molar refractivity (Wildman–Crippen MR) is 106 cm³/mol. The summed E-state index contributed by atoms with van der Waals surface area (Å²) < 4.78 is 0. The molecule has 1 atom stereocenters. The summed E-state index contributed by atoms with van der Waals surface area (Å²) in [5.41, 5.74) is 0.783. The van der Waals surface area contributed by atoms with Gasteiger partial charge in [0.15, 0.2) is 5.96 Å². The number of hydrogen-bond donors (Lipinski definition) is 3. The maximum absolute atomic E-state index is 12.0. The van der Waals surface area contributed by atoms with Gasteiger partial charge >= 0.3 is 0 Å². The molecule has 5 nitrogen and oxygen atoms in total. The Morgan fingerprint density at radius 3 is 2.64 bits per heavy atom. The molecule has 3 N–H and O–H groups in total. The highest BCUT2D eigenvalue weighted by Gasteiger charge is 2.07. The van der Waals surface area contributed by atoms with Crippen molar-refractivity contribution in [1.29, 1.82) is 0 Å². The molecule has 0 saturated heterocycles. The molecule has 134 valence electrons. The third-order valence-electron chi connectivity index (χ3n) is 3.53. The van der Waals surface area contributed by atoms with Crippen molar-refractivity contribution in [3.63, 3.8) is 0 Å². The van der Waals surface area contributed by atoms with Crippen LogP contribution in [0, 0.1) is 5.92 Å². The second-order valence-corrected chi connectivity index (χ2v) is 6.91. The van der Waals surface area contributed by atoms with E-state index in [1.54, 1.807) is 11.3 Å². The van der Waals surface area contributed by atoms with Crippen LogP contribution in [0.25, 0.3) is 0 Å². The monoisotopic (exact) mass is 358 g/mol. The van der Waals surface area contributed by atoms with E-state index < -0.39 is 0 Å². The number of anilines is 1. The first-order valence-corrected chi connectivity index (χ1v) is 9.44. The van der Waals surface area contributed by atoms with Gasteiger partial charge in [-0.05, 0) is 42.8 Å². The lowest BCUT2D eigenvalue weighted by molar-refractivity contribution is -0.114. The van der Waals surface area contributed by atoms with Crippen LogP contribution in [-0.2, 0) is 11.2 Å². The van der Waals surface area contributed by atoms with Crippen LogP contribution in [0.2, 0.25) is 0 Å². The number of rotatable bonds is 8. The van der Waals surface area contributed by atoms with Crippen LogP contribution in [0.4, 0.5) is 5.69 Å². The number of amides is 1. The van der Waals surface area contributed by atoms with E-state index in [1.807, 2.05) is 37.3 Å². The van der Waals surface area contributed by atoms with E-state index in [4.69, 9.17) is 0 Å². The third kappa shape index (κ3) is 7.39. The van der Waals surface area contributed by atoms with E-state index in [9.17, 15) is 4.79 Å². The normalized spacial score (nSPS) is 12.5. The number of benzene rings is 1. The zero-order valence-electron chi connectivity index (χ0n) is 14.8. The van der Waals surface area contributed by atoms with Gasteiger partial charge in [-0.25, -0.2) is 4.99 Å². The van der Waals surface area contributed by atoms with Gasteiger partial charge < -0.3 is 16.0 Å². The molecule has 1 aromatic carbocycles. The third-order valence-corrected chi connectivity index (χ3v) is 4.43. The van der Waals surface area contributed by atoms with Crippen LogP contribution in [0.1, 0.15) is 18.7 Å². The largest absolute Gasteiger partial charge is 0.357 e. The van der Waals surface area contributed by atoms with Crippen molar-refractivity contribution in [2.45, 2.75) is 20.3 Å². The Morgan fingerprint density at radius 1 is 1.16 bits per heavy atom. The number of carbonyl (C=O) groups excluding carboxylic acids is 1. The molecule has 1 amide bonds. The van der Waals surface area contributed by atoms with Crippen LogP contribution in [0.15, 0.2) is 52.8 Å². The summed E-state index contributed by atoms with van der Waals surface area (Å²) in [5, 5.41) is 11.4. The van der Waals surface area contributed by atoms with Gasteiger partial charge in [-0.15, -0.1) is 11.3 Å². The highest BCUT2D eigenvalue weighted by Crippen LogP contribution is 2.13. The molecular weight excluding hydrogens is 332 g/mol. The minimum absolute atomic E-state index is 0.0868. The summed E-state index contributed by atoms with van der Waals surface area (Å²) in [6.45, 7) is 5.87. The lowest BCUT2D eigenvalue weighted by Gasteiger charge is -2.15. The average molecular weight is 359 g/mol. The molecule has 1 unspecified atom stereocenters. The SMILES string of the molecule is CCNC(=NCC(=O)Nc1ccccc1)NCC(C)Cc1cccs1. The number of hydrogen-bond acceptors (Lipinski definition) is 3. The molecule has 0 fully saturated rings. The molecule has 0 radical (unpaired) electrons. The topological polar surface area (TPSA) is 65.5 Å². The van der Waals surface area contributed by atoms with Crippen molar-refractivity contribution in [3.8, 4) is 0 Å². The Morgan fingerprint density at radius 2 is 1.96 bits per heavy atom. The summed E-state index contributed by atoms with van der Waals surface area (Å²) in [6.07, 6.45) is 1.04. The van der Waals surface area contributed by atoms with E-state index in [2.05, 4.69) is 45.4 Å². The number of nitrogens with one attached hydrogen (secondary N) is 3. The molecule has 1 aromatic heterocycles. The Balaban J connectivity index is 1.79. The zero-order chi connectivity index (χ0) is 17.9. The van der Waals surface area contributed by atoms with Gasteiger partial charge in [0, 0.05) is 23.7 Å². The lowest BCUT2D eigenvalue weighted by Crippen LogP contribution is -2.40. The number of carbonyl (C=O) groups is 1. The second-order valence-electron chi connectivity index (χ2n) is 5.88. The van der Waals surface area contributed by atoms with Crippen LogP contribution in [0.3, 0.4) is 0 Å². The van der Waals surface area contributed by atoms with Gasteiger partial charge in [0.05, 0.1) is 0 Å². The van der Waals surface area contributed by atoms with Crippen molar-refractivity contribution < 1.29 is 4.79 Å². The van der Waals surface area contributed by atoms with Gasteiger partial charge in [0.2, 0.25) is 5.91 Å². The van der Waals surface area contributed by atoms with Crippen molar-refractivity contribution in [2.24, 2.45) is 10.9 Å². The van der Waals surface area contributed by atoms with Gasteiger partial charge in [0.1, 0.15) is 6.54 Å². The Hall–Kier alpha value is -2.34. The fourth-order valence-corrected chi connectivity index (χ4v) is 3.20. The fourth-order valence-electron chi connectivity index (χ4n) is 2.33. The number of para-hydroxylation sites is 1. The lowest BCUT2D eigenvalue weighted by atomic mass is 10.1. The first kappa shape index (κ1) is 19.0. The average Bonchev–Trinajstić information content (AvgIpc) is 3.11. The zero-order valence-corrected chi connectivity index (χ0v) is 15.6. The summed E-state index contributed by atoms with van der Waals surface area (Å²) in [5.74, 6) is 1.03. The molecule has 0 spiro atoms. The van der Waals surface area contributed by atoms with Crippen LogP contribution in [0.5, 0.6) is 0 Å². The number of aliphatic imine (C=N–C) groups is 1. The van der Waals surface area contributed by atoms with Crippen molar-refractivity contribution >= 4 is 28.9 Å². The van der Waals surface area contributed by atoms with Gasteiger partial charge in [-0.1, -0.05) is 31.2 Å². The fraction of sp³-hybridized carbons (Fsp3) is 0.368. The molecule has 0 saturated carbocycles. The van der Waals surface area contributed by atoms with Gasteiger partial charge in [-0.2, -0.15) is 0 Å². The van der Waals surface area contributed by atoms with E-state index in [0.29, 0.717) is 11.9 Å². The Kier molecular flexibility index (Phi) is 7.98. The van der Waals surface area contributed by atoms with E-state index in [-0.39, 0.29) is 12.5 Å². The van der Waals surface area contributed by atoms with Gasteiger partial charge in [0.25, 0.3) is 0 Å². The molecule has 0 aliphatic heterocycles. The Labute approximate surface area is 153 Å². The van der Waals surface area contributed by atoms with E-state index >= 15 is 0 Å². The molecule has 0 aliphatic carbocycles. The minimum atomic E-state index is -0.130. The smallest absolute Gasteiger partial charge is 0.246 e. The van der Waals surface area contributed by atoms with Crippen LogP contribution in [-0.4, -0.2) is 31.5 Å². The van der Waals surface area contributed by atoms with Crippen LogP contribution < -0.4 is 16.0 Å². The molecule has 0 aliphatic rings. The molecule has 25 heavy (non-hydrogen) atoms. The molecule has 2 aromatic rings. The summed E-state index contributed by atoms with van der Waals surface area (Å²) in [7, 11) is 0. The predicted octanol–water partition coefficient (Wildman–Crippen LogP) is 3.12. The molecule has 0 bridgehead atoms. The number of thiophene rings is 1. The molecule has 1 heterocycles. The standard InChI is InChI=1S/C19H26N4OS/c1-3-20-19(21-13-15(2)12-17-10-7-11-25-17)22-14-18(24)23-16-8-5-4-6-9-16/h4-11,15H,3,12-14H2,1-2H3,(H,23,24)(H2,20,21,22). The van der Waals surface area contributed by atoms with Crippen LogP contribution >= 0.6 is 11.3 Å².